The second-order valence-corrected chi connectivity index (χ2v) is 4.44. The molecule has 0 bridgehead atoms. The Morgan fingerprint density at radius 3 is 2.07 bits per heavy atom. The summed E-state index contributed by atoms with van der Waals surface area (Å²) in [4.78, 5) is 0. The molecule has 0 aliphatic carbocycles. The third-order valence-electron chi connectivity index (χ3n) is 2.83. The fraction of sp³-hybridized carbons (Fsp3) is 0.857. The molecular weight excluding hydrogens is 184 g/mol. The van der Waals surface area contributed by atoms with Crippen LogP contribution in [0.25, 0.3) is 0 Å². The van der Waals surface area contributed by atoms with Crippen molar-refractivity contribution in [2.75, 3.05) is 0 Å². The minimum Gasteiger partial charge on any atom is -0.393 e. The summed E-state index contributed by atoms with van der Waals surface area (Å²) in [6.45, 7) is 5.88. The summed E-state index contributed by atoms with van der Waals surface area (Å²) in [5, 5.41) is 9.45. The summed E-state index contributed by atoms with van der Waals surface area (Å²) in [5.41, 5.74) is 0. The lowest BCUT2D eigenvalue weighted by atomic mass is 10.0. The minimum absolute atomic E-state index is 0.150. The van der Waals surface area contributed by atoms with E-state index in [9.17, 15) is 5.11 Å². The monoisotopic (exact) mass is 212 g/mol. The summed E-state index contributed by atoms with van der Waals surface area (Å²) in [7, 11) is 0. The zero-order valence-corrected chi connectivity index (χ0v) is 10.4. The van der Waals surface area contributed by atoms with E-state index in [0.717, 1.165) is 12.8 Å². The van der Waals surface area contributed by atoms with E-state index in [4.69, 9.17) is 0 Å². The average Bonchev–Trinajstić information content (AvgIpc) is 2.22. The highest BCUT2D eigenvalue weighted by Gasteiger charge is 2.00. The Hall–Kier alpha value is -0.300. The molecule has 0 saturated carbocycles. The van der Waals surface area contributed by atoms with Crippen molar-refractivity contribution in [3.05, 3.63) is 12.7 Å². The van der Waals surface area contributed by atoms with Crippen LogP contribution < -0.4 is 0 Å². The van der Waals surface area contributed by atoms with Crippen molar-refractivity contribution in [2.24, 2.45) is 0 Å². The first-order valence-corrected chi connectivity index (χ1v) is 6.60. The molecule has 0 heterocycles. The predicted octanol–water partition coefficient (Wildman–Crippen LogP) is 4.45. The number of aliphatic hydroxyl groups is 1. The molecule has 0 amide bonds. The highest BCUT2D eigenvalue weighted by Crippen LogP contribution is 2.11. The molecule has 0 aromatic heterocycles. The highest BCUT2D eigenvalue weighted by molar-refractivity contribution is 4.71. The highest BCUT2D eigenvalue weighted by atomic mass is 16.3. The van der Waals surface area contributed by atoms with Crippen molar-refractivity contribution in [3.63, 3.8) is 0 Å². The Kier molecular flexibility index (Phi) is 11.5. The second kappa shape index (κ2) is 11.8. The van der Waals surface area contributed by atoms with E-state index < -0.39 is 0 Å². The van der Waals surface area contributed by atoms with E-state index in [1.165, 1.54) is 51.4 Å². The number of rotatable bonds is 11. The van der Waals surface area contributed by atoms with Gasteiger partial charge >= 0.3 is 0 Å². The molecule has 0 radical (unpaired) electrons. The van der Waals surface area contributed by atoms with E-state index in [1.54, 1.807) is 6.08 Å². The van der Waals surface area contributed by atoms with Crippen LogP contribution in [0.5, 0.6) is 0 Å². The Bertz CT molecular complexity index is 131. The van der Waals surface area contributed by atoms with Gasteiger partial charge in [-0.3, -0.25) is 0 Å². The van der Waals surface area contributed by atoms with Gasteiger partial charge in [0.1, 0.15) is 0 Å². The molecule has 0 spiro atoms. The van der Waals surface area contributed by atoms with Gasteiger partial charge < -0.3 is 5.11 Å². The molecule has 0 rings (SSSR count). The van der Waals surface area contributed by atoms with Gasteiger partial charge in [-0.2, -0.15) is 0 Å². The molecule has 0 saturated heterocycles. The normalized spacial score (nSPS) is 12.7. The van der Waals surface area contributed by atoms with E-state index in [-0.39, 0.29) is 6.10 Å². The number of hydrogen-bond donors (Lipinski definition) is 1. The smallest absolute Gasteiger partial charge is 0.0574 e. The van der Waals surface area contributed by atoms with Crippen LogP contribution >= 0.6 is 0 Å². The van der Waals surface area contributed by atoms with Gasteiger partial charge in [-0.05, 0) is 12.8 Å². The quantitative estimate of drug-likeness (QED) is 0.396. The molecule has 1 unspecified atom stereocenters. The Labute approximate surface area is 95.6 Å². The summed E-state index contributed by atoms with van der Waals surface area (Å²) in [6, 6.07) is 0. The SMILES string of the molecule is C=CCC(O)CCCCCCCCCC. The van der Waals surface area contributed by atoms with Crippen LogP contribution in [0.3, 0.4) is 0 Å². The van der Waals surface area contributed by atoms with E-state index in [1.807, 2.05) is 0 Å². The third kappa shape index (κ3) is 11.6. The van der Waals surface area contributed by atoms with Crippen LogP contribution in [0.4, 0.5) is 0 Å². The molecule has 1 atom stereocenters. The predicted molar refractivity (Wildman–Crippen MR) is 68.0 cm³/mol. The second-order valence-electron chi connectivity index (χ2n) is 4.44. The maximum absolute atomic E-state index is 9.45. The molecular formula is C14H28O. The fourth-order valence-electron chi connectivity index (χ4n) is 1.82. The lowest BCUT2D eigenvalue weighted by molar-refractivity contribution is 0.164. The van der Waals surface area contributed by atoms with Gasteiger partial charge in [-0.1, -0.05) is 64.4 Å². The van der Waals surface area contributed by atoms with Gasteiger partial charge in [0.2, 0.25) is 0 Å². The van der Waals surface area contributed by atoms with E-state index in [2.05, 4.69) is 13.5 Å². The van der Waals surface area contributed by atoms with E-state index in [0.29, 0.717) is 0 Å². The van der Waals surface area contributed by atoms with Crippen LogP contribution in [0.2, 0.25) is 0 Å². The first-order chi connectivity index (χ1) is 7.31. The van der Waals surface area contributed by atoms with Gasteiger partial charge in [0, 0.05) is 0 Å². The fourth-order valence-corrected chi connectivity index (χ4v) is 1.82. The van der Waals surface area contributed by atoms with Gasteiger partial charge in [0.15, 0.2) is 0 Å². The first kappa shape index (κ1) is 14.7. The zero-order chi connectivity index (χ0) is 11.4. The summed E-state index contributed by atoms with van der Waals surface area (Å²) >= 11 is 0. The van der Waals surface area contributed by atoms with E-state index >= 15 is 0 Å². The van der Waals surface area contributed by atoms with Crippen molar-refractivity contribution >= 4 is 0 Å². The summed E-state index contributed by atoms with van der Waals surface area (Å²) in [5.74, 6) is 0. The molecule has 0 aromatic carbocycles. The van der Waals surface area contributed by atoms with Gasteiger partial charge in [0.25, 0.3) is 0 Å². The third-order valence-corrected chi connectivity index (χ3v) is 2.83. The van der Waals surface area contributed by atoms with Crippen molar-refractivity contribution in [1.82, 2.24) is 0 Å². The molecule has 0 aliphatic heterocycles. The molecule has 1 heteroatoms. The van der Waals surface area contributed by atoms with Crippen LogP contribution in [0, 0.1) is 0 Å². The van der Waals surface area contributed by atoms with Gasteiger partial charge in [-0.15, -0.1) is 6.58 Å². The van der Waals surface area contributed by atoms with Crippen LogP contribution in [0.15, 0.2) is 12.7 Å². The number of unbranched alkanes of at least 4 members (excludes halogenated alkanes) is 7. The van der Waals surface area contributed by atoms with Gasteiger partial charge in [-0.25, -0.2) is 0 Å². The maximum Gasteiger partial charge on any atom is 0.0574 e. The standard InChI is InChI=1S/C14H28O/c1-3-5-6-7-8-9-10-11-13-14(15)12-4-2/h4,14-15H,2-3,5-13H2,1H3. The number of hydrogen-bond acceptors (Lipinski definition) is 1. The average molecular weight is 212 g/mol. The first-order valence-electron chi connectivity index (χ1n) is 6.60. The van der Waals surface area contributed by atoms with Crippen LogP contribution in [-0.2, 0) is 0 Å². The molecule has 0 aliphatic rings. The molecule has 0 fully saturated rings. The molecule has 15 heavy (non-hydrogen) atoms. The lowest BCUT2D eigenvalue weighted by Crippen LogP contribution is -2.03. The van der Waals surface area contributed by atoms with Gasteiger partial charge in [0.05, 0.1) is 6.10 Å². The van der Waals surface area contributed by atoms with Crippen molar-refractivity contribution < 1.29 is 5.11 Å². The molecule has 1 N–H and O–H groups in total. The maximum atomic E-state index is 9.45. The molecule has 0 aromatic rings. The lowest BCUT2D eigenvalue weighted by Gasteiger charge is -2.07. The Morgan fingerprint density at radius 1 is 1.00 bits per heavy atom. The topological polar surface area (TPSA) is 20.2 Å². The summed E-state index contributed by atoms with van der Waals surface area (Å²) in [6.07, 6.45) is 14.0. The Morgan fingerprint density at radius 2 is 1.53 bits per heavy atom. The van der Waals surface area contributed by atoms with Crippen LogP contribution in [-0.4, -0.2) is 11.2 Å². The number of aliphatic hydroxyl groups excluding tert-OH is 1. The zero-order valence-electron chi connectivity index (χ0n) is 10.4. The minimum atomic E-state index is -0.150. The van der Waals surface area contributed by atoms with Crippen molar-refractivity contribution in [2.45, 2.75) is 77.2 Å². The molecule has 90 valence electrons. The largest absolute Gasteiger partial charge is 0.393 e. The summed E-state index contributed by atoms with van der Waals surface area (Å²) < 4.78 is 0. The van der Waals surface area contributed by atoms with Crippen molar-refractivity contribution in [1.29, 1.82) is 0 Å². The molecule has 1 nitrogen and oxygen atoms in total. The van der Waals surface area contributed by atoms with Crippen LogP contribution in [0.1, 0.15) is 71.1 Å². The van der Waals surface area contributed by atoms with Crippen molar-refractivity contribution in [3.8, 4) is 0 Å². The Balaban J connectivity index is 3.01.